The maximum atomic E-state index is 10.8. The molecule has 5 heteroatoms. The van der Waals surface area contributed by atoms with Crippen molar-refractivity contribution in [2.75, 3.05) is 0 Å². The van der Waals surface area contributed by atoms with Gasteiger partial charge in [-0.05, 0) is 6.42 Å². The SMILES string of the molecule is O=C(O)C1CC(=O)[C@H](O)C(O)C1. The molecule has 68 valence electrons. The molecule has 2 unspecified atom stereocenters. The minimum absolute atomic E-state index is 0.0533. The van der Waals surface area contributed by atoms with Crippen molar-refractivity contribution in [2.24, 2.45) is 5.92 Å². The second-order valence-corrected chi connectivity index (χ2v) is 2.95. The van der Waals surface area contributed by atoms with Crippen LogP contribution >= 0.6 is 0 Å². The summed E-state index contributed by atoms with van der Waals surface area (Å²) in [6.07, 6.45) is -2.87. The molecular weight excluding hydrogens is 164 g/mol. The highest BCUT2D eigenvalue weighted by molar-refractivity contribution is 5.88. The van der Waals surface area contributed by atoms with E-state index in [1.54, 1.807) is 0 Å². The molecule has 1 fully saturated rings. The maximum absolute atomic E-state index is 10.8. The van der Waals surface area contributed by atoms with Gasteiger partial charge in [0.2, 0.25) is 0 Å². The fraction of sp³-hybridized carbons (Fsp3) is 0.714. The standard InChI is InChI=1S/C7H10O5/c8-4-1-3(7(11)12)2-5(9)6(4)10/h3-4,6,8,10H,1-2H2,(H,11,12)/t3?,4?,6-/m1/s1. The van der Waals surface area contributed by atoms with Gasteiger partial charge in [0, 0.05) is 6.42 Å². The molecule has 0 bridgehead atoms. The van der Waals surface area contributed by atoms with E-state index in [0.29, 0.717) is 0 Å². The number of carbonyl (C=O) groups excluding carboxylic acids is 1. The molecule has 3 N–H and O–H groups in total. The number of aliphatic carboxylic acids is 1. The molecule has 1 saturated carbocycles. The van der Waals surface area contributed by atoms with Crippen LogP contribution in [0.3, 0.4) is 0 Å². The maximum Gasteiger partial charge on any atom is 0.307 e. The van der Waals surface area contributed by atoms with Gasteiger partial charge >= 0.3 is 5.97 Å². The third-order valence-electron chi connectivity index (χ3n) is 2.02. The molecule has 0 aliphatic heterocycles. The summed E-state index contributed by atoms with van der Waals surface area (Å²) in [6, 6.07) is 0. The number of hydrogen-bond donors (Lipinski definition) is 3. The van der Waals surface area contributed by atoms with Crippen LogP contribution in [-0.4, -0.2) is 39.3 Å². The van der Waals surface area contributed by atoms with Gasteiger partial charge in [0.15, 0.2) is 5.78 Å². The van der Waals surface area contributed by atoms with Gasteiger partial charge in [-0.25, -0.2) is 0 Å². The Hall–Kier alpha value is -0.940. The van der Waals surface area contributed by atoms with Crippen molar-refractivity contribution >= 4 is 11.8 Å². The van der Waals surface area contributed by atoms with Gasteiger partial charge in [-0.1, -0.05) is 0 Å². The number of aliphatic hydroxyl groups excluding tert-OH is 2. The van der Waals surface area contributed by atoms with Gasteiger partial charge in [-0.15, -0.1) is 0 Å². The molecule has 3 atom stereocenters. The van der Waals surface area contributed by atoms with Gasteiger partial charge in [0.05, 0.1) is 12.0 Å². The first-order valence-electron chi connectivity index (χ1n) is 3.64. The topological polar surface area (TPSA) is 94.8 Å². The number of carbonyl (C=O) groups is 2. The molecule has 0 aromatic heterocycles. The van der Waals surface area contributed by atoms with Crippen LogP contribution in [0.5, 0.6) is 0 Å². The van der Waals surface area contributed by atoms with Crippen molar-refractivity contribution in [2.45, 2.75) is 25.0 Å². The minimum Gasteiger partial charge on any atom is -0.481 e. The third kappa shape index (κ3) is 1.62. The summed E-state index contributed by atoms with van der Waals surface area (Å²) in [5.74, 6) is -2.55. The number of ketones is 1. The van der Waals surface area contributed by atoms with E-state index in [1.165, 1.54) is 0 Å². The Balaban J connectivity index is 2.66. The van der Waals surface area contributed by atoms with Gasteiger partial charge in [0.1, 0.15) is 6.10 Å². The first kappa shape index (κ1) is 9.15. The molecule has 12 heavy (non-hydrogen) atoms. The van der Waals surface area contributed by atoms with E-state index in [0.717, 1.165) is 0 Å². The Morgan fingerprint density at radius 3 is 2.42 bits per heavy atom. The number of carboxylic acids is 1. The summed E-state index contributed by atoms with van der Waals surface area (Å²) in [7, 11) is 0. The van der Waals surface area contributed by atoms with Crippen molar-refractivity contribution in [1.29, 1.82) is 0 Å². The van der Waals surface area contributed by atoms with E-state index >= 15 is 0 Å². The van der Waals surface area contributed by atoms with E-state index in [2.05, 4.69) is 0 Å². The lowest BCUT2D eigenvalue weighted by Gasteiger charge is -2.26. The van der Waals surface area contributed by atoms with Gasteiger partial charge in [-0.3, -0.25) is 9.59 Å². The highest BCUT2D eigenvalue weighted by Crippen LogP contribution is 2.22. The number of rotatable bonds is 1. The fourth-order valence-electron chi connectivity index (χ4n) is 1.27. The second-order valence-electron chi connectivity index (χ2n) is 2.95. The van der Waals surface area contributed by atoms with E-state index in [4.69, 9.17) is 15.3 Å². The normalized spacial score (nSPS) is 36.5. The predicted octanol–water partition coefficient (Wildman–Crippen LogP) is -1.23. The van der Waals surface area contributed by atoms with Crippen LogP contribution in [0.4, 0.5) is 0 Å². The minimum atomic E-state index is -1.40. The predicted molar refractivity (Wildman–Crippen MR) is 37.4 cm³/mol. The average molecular weight is 174 g/mol. The summed E-state index contributed by atoms with van der Waals surface area (Å²) in [5.41, 5.74) is 0. The second kappa shape index (κ2) is 3.20. The van der Waals surface area contributed by atoms with Gasteiger partial charge in [0.25, 0.3) is 0 Å². The largest absolute Gasteiger partial charge is 0.481 e. The zero-order valence-corrected chi connectivity index (χ0v) is 6.30. The zero-order valence-electron chi connectivity index (χ0n) is 6.30. The van der Waals surface area contributed by atoms with Crippen LogP contribution in [0.25, 0.3) is 0 Å². The van der Waals surface area contributed by atoms with Crippen LogP contribution in [0.15, 0.2) is 0 Å². The zero-order chi connectivity index (χ0) is 9.30. The Bertz CT molecular complexity index is 212. The van der Waals surface area contributed by atoms with Crippen LogP contribution in [0.2, 0.25) is 0 Å². The van der Waals surface area contributed by atoms with Crippen molar-refractivity contribution in [3.05, 3.63) is 0 Å². The number of aliphatic hydroxyl groups is 2. The lowest BCUT2D eigenvalue weighted by molar-refractivity contribution is -0.153. The average Bonchev–Trinajstić information content (AvgIpc) is 1.99. The molecule has 0 radical (unpaired) electrons. The third-order valence-corrected chi connectivity index (χ3v) is 2.02. The van der Waals surface area contributed by atoms with E-state index in [9.17, 15) is 9.59 Å². The summed E-state index contributed by atoms with van der Waals surface area (Å²) >= 11 is 0. The summed E-state index contributed by atoms with van der Waals surface area (Å²) in [4.78, 5) is 21.3. The number of carboxylic acid groups (broad SMARTS) is 1. The molecule has 5 nitrogen and oxygen atoms in total. The molecular formula is C7H10O5. The van der Waals surface area contributed by atoms with Crippen molar-refractivity contribution in [1.82, 2.24) is 0 Å². The highest BCUT2D eigenvalue weighted by atomic mass is 16.4. The van der Waals surface area contributed by atoms with E-state index < -0.39 is 29.9 Å². The molecule has 0 aromatic rings. The Morgan fingerprint density at radius 2 is 2.00 bits per heavy atom. The lowest BCUT2D eigenvalue weighted by Crippen LogP contribution is -2.43. The van der Waals surface area contributed by atoms with Crippen LogP contribution in [0, 0.1) is 5.92 Å². The fourth-order valence-corrected chi connectivity index (χ4v) is 1.27. The van der Waals surface area contributed by atoms with Crippen molar-refractivity contribution in [3.63, 3.8) is 0 Å². The number of Topliss-reactive ketones (excluding diaryl/α,β-unsaturated/α-hetero) is 1. The molecule has 0 heterocycles. The summed E-state index contributed by atoms with van der Waals surface area (Å²) in [5, 5.41) is 26.5. The van der Waals surface area contributed by atoms with Crippen molar-refractivity contribution < 1.29 is 24.9 Å². The van der Waals surface area contributed by atoms with E-state index in [1.807, 2.05) is 0 Å². The highest BCUT2D eigenvalue weighted by Gasteiger charge is 2.37. The summed E-state index contributed by atoms with van der Waals surface area (Å²) in [6.45, 7) is 0. The number of hydrogen-bond acceptors (Lipinski definition) is 4. The first-order valence-corrected chi connectivity index (χ1v) is 3.64. The van der Waals surface area contributed by atoms with Crippen LogP contribution in [0.1, 0.15) is 12.8 Å². The Kier molecular flexibility index (Phi) is 2.44. The first-order chi connectivity index (χ1) is 5.52. The lowest BCUT2D eigenvalue weighted by atomic mass is 9.84. The van der Waals surface area contributed by atoms with Crippen molar-refractivity contribution in [3.8, 4) is 0 Å². The summed E-state index contributed by atoms with van der Waals surface area (Å²) < 4.78 is 0. The Labute approximate surface area is 68.6 Å². The molecule has 0 spiro atoms. The molecule has 1 aliphatic rings. The molecule has 0 saturated heterocycles. The molecule has 0 amide bonds. The van der Waals surface area contributed by atoms with Gasteiger partial charge in [-0.2, -0.15) is 0 Å². The van der Waals surface area contributed by atoms with Gasteiger partial charge < -0.3 is 15.3 Å². The van der Waals surface area contributed by atoms with Crippen LogP contribution in [-0.2, 0) is 9.59 Å². The quantitative estimate of drug-likeness (QED) is 0.462. The van der Waals surface area contributed by atoms with Crippen LogP contribution < -0.4 is 0 Å². The Morgan fingerprint density at radius 1 is 1.42 bits per heavy atom. The molecule has 1 rings (SSSR count). The van der Waals surface area contributed by atoms with E-state index in [-0.39, 0.29) is 12.8 Å². The smallest absolute Gasteiger partial charge is 0.307 e. The molecule has 1 aliphatic carbocycles. The monoisotopic (exact) mass is 174 g/mol. The molecule has 0 aromatic carbocycles.